The molecule has 0 aromatic rings. The van der Waals surface area contributed by atoms with Crippen molar-refractivity contribution in [3.05, 3.63) is 23.3 Å². The van der Waals surface area contributed by atoms with Crippen molar-refractivity contribution in [2.45, 2.75) is 12.8 Å². The van der Waals surface area contributed by atoms with Crippen LogP contribution in [0.2, 0.25) is 0 Å². The fourth-order valence-corrected chi connectivity index (χ4v) is 1.83. The van der Waals surface area contributed by atoms with Crippen LogP contribution in [0.15, 0.2) is 23.3 Å². The minimum absolute atomic E-state index is 0.557. The second-order valence-electron chi connectivity index (χ2n) is 3.02. The predicted molar refractivity (Wildman–Crippen MR) is 46.6 cm³/mol. The van der Waals surface area contributed by atoms with Crippen molar-refractivity contribution in [1.82, 2.24) is 0 Å². The molecule has 1 atom stereocenters. The van der Waals surface area contributed by atoms with Crippen molar-refractivity contribution in [2.24, 2.45) is 5.92 Å². The van der Waals surface area contributed by atoms with Gasteiger partial charge in [-0.05, 0) is 12.5 Å². The van der Waals surface area contributed by atoms with Gasteiger partial charge in [-0.15, -0.1) is 0 Å². The van der Waals surface area contributed by atoms with Crippen molar-refractivity contribution in [2.75, 3.05) is 6.54 Å². The number of rotatable bonds is 0. The molecule has 1 N–H and O–H groups in total. The SMILES string of the molecule is ClC1=CC2CCC[NH+]=C2C=C1. The summed E-state index contributed by atoms with van der Waals surface area (Å²) >= 11 is 5.87. The van der Waals surface area contributed by atoms with E-state index >= 15 is 0 Å². The Hall–Kier alpha value is -0.560. The van der Waals surface area contributed by atoms with E-state index in [1.807, 2.05) is 6.08 Å². The molecule has 0 fully saturated rings. The van der Waals surface area contributed by atoms with Crippen LogP contribution in [0.5, 0.6) is 0 Å². The molecule has 0 saturated carbocycles. The fraction of sp³-hybridized carbons (Fsp3) is 0.444. The Balaban J connectivity index is 2.28. The van der Waals surface area contributed by atoms with Crippen LogP contribution in [0.1, 0.15) is 12.8 Å². The van der Waals surface area contributed by atoms with Crippen LogP contribution in [0, 0.1) is 5.92 Å². The molecule has 1 nitrogen and oxygen atoms in total. The van der Waals surface area contributed by atoms with Crippen LogP contribution in [0.3, 0.4) is 0 Å². The normalized spacial score (nSPS) is 29.0. The van der Waals surface area contributed by atoms with Crippen LogP contribution in [0.25, 0.3) is 0 Å². The third kappa shape index (κ3) is 1.38. The van der Waals surface area contributed by atoms with E-state index in [2.05, 4.69) is 17.1 Å². The molecule has 11 heavy (non-hydrogen) atoms. The Morgan fingerprint density at radius 1 is 1.45 bits per heavy atom. The van der Waals surface area contributed by atoms with Gasteiger partial charge in [0.1, 0.15) is 6.54 Å². The third-order valence-corrected chi connectivity index (χ3v) is 2.45. The lowest BCUT2D eigenvalue weighted by Crippen LogP contribution is -2.76. The Morgan fingerprint density at radius 3 is 3.27 bits per heavy atom. The van der Waals surface area contributed by atoms with Gasteiger partial charge in [0.15, 0.2) is 5.71 Å². The Kier molecular flexibility index (Phi) is 1.82. The zero-order chi connectivity index (χ0) is 7.68. The molecule has 0 saturated heterocycles. The smallest absolute Gasteiger partial charge is 0.181 e. The maximum atomic E-state index is 5.87. The fourth-order valence-electron chi connectivity index (χ4n) is 1.61. The van der Waals surface area contributed by atoms with E-state index in [1.54, 1.807) is 0 Å². The van der Waals surface area contributed by atoms with Crippen molar-refractivity contribution < 1.29 is 4.99 Å². The molecular formula is C9H11ClN+. The van der Waals surface area contributed by atoms with Gasteiger partial charge in [-0.25, -0.2) is 4.99 Å². The van der Waals surface area contributed by atoms with Crippen LogP contribution < -0.4 is 4.99 Å². The van der Waals surface area contributed by atoms with Gasteiger partial charge in [0, 0.05) is 17.5 Å². The van der Waals surface area contributed by atoms with E-state index in [-0.39, 0.29) is 0 Å². The lowest BCUT2D eigenvalue weighted by Gasteiger charge is -2.15. The van der Waals surface area contributed by atoms with Crippen molar-refractivity contribution >= 4 is 17.3 Å². The molecule has 0 radical (unpaired) electrons. The minimum Gasteiger partial charge on any atom is -0.245 e. The molecular weight excluding hydrogens is 158 g/mol. The highest BCUT2D eigenvalue weighted by Crippen LogP contribution is 2.20. The second-order valence-corrected chi connectivity index (χ2v) is 3.45. The number of hydrogen-bond acceptors (Lipinski definition) is 0. The first-order valence-electron chi connectivity index (χ1n) is 4.02. The van der Waals surface area contributed by atoms with E-state index in [1.165, 1.54) is 18.6 Å². The summed E-state index contributed by atoms with van der Waals surface area (Å²) in [6.07, 6.45) is 8.66. The molecule has 0 bridgehead atoms. The van der Waals surface area contributed by atoms with E-state index in [9.17, 15) is 0 Å². The van der Waals surface area contributed by atoms with Gasteiger partial charge in [0.25, 0.3) is 0 Å². The molecule has 1 aliphatic carbocycles. The lowest BCUT2D eigenvalue weighted by molar-refractivity contribution is -0.464. The number of hydrogen-bond donors (Lipinski definition) is 1. The van der Waals surface area contributed by atoms with Gasteiger partial charge in [-0.3, -0.25) is 0 Å². The molecule has 2 rings (SSSR count). The van der Waals surface area contributed by atoms with E-state index < -0.39 is 0 Å². The zero-order valence-electron chi connectivity index (χ0n) is 6.31. The molecule has 1 heterocycles. The molecule has 1 unspecified atom stereocenters. The molecule has 0 aromatic carbocycles. The Bertz CT molecular complexity index is 250. The average Bonchev–Trinajstić information content (AvgIpc) is 2.04. The summed E-state index contributed by atoms with van der Waals surface area (Å²) in [4.78, 5) is 3.37. The molecule has 2 aliphatic rings. The molecule has 0 amide bonds. The summed E-state index contributed by atoms with van der Waals surface area (Å²) in [6, 6.07) is 0. The Labute approximate surface area is 71.5 Å². The van der Waals surface area contributed by atoms with Gasteiger partial charge in [0.2, 0.25) is 0 Å². The summed E-state index contributed by atoms with van der Waals surface area (Å²) in [6.45, 7) is 1.11. The first-order chi connectivity index (χ1) is 5.36. The maximum absolute atomic E-state index is 5.87. The summed E-state index contributed by atoms with van der Waals surface area (Å²) in [5, 5.41) is 0.877. The molecule has 0 spiro atoms. The van der Waals surface area contributed by atoms with Crippen LogP contribution >= 0.6 is 11.6 Å². The Morgan fingerprint density at radius 2 is 2.36 bits per heavy atom. The van der Waals surface area contributed by atoms with Crippen molar-refractivity contribution in [3.63, 3.8) is 0 Å². The number of halogens is 1. The summed E-state index contributed by atoms with van der Waals surface area (Å²) in [5.41, 5.74) is 1.33. The van der Waals surface area contributed by atoms with Gasteiger partial charge < -0.3 is 0 Å². The van der Waals surface area contributed by atoms with Crippen LogP contribution in [0.4, 0.5) is 0 Å². The predicted octanol–water partition coefficient (Wildman–Crippen LogP) is 0.611. The van der Waals surface area contributed by atoms with Crippen LogP contribution in [-0.4, -0.2) is 12.3 Å². The molecule has 2 heteroatoms. The van der Waals surface area contributed by atoms with E-state index in [4.69, 9.17) is 11.6 Å². The topological polar surface area (TPSA) is 14.0 Å². The minimum atomic E-state index is 0.557. The average molecular weight is 169 g/mol. The monoisotopic (exact) mass is 168 g/mol. The van der Waals surface area contributed by atoms with Crippen LogP contribution in [-0.2, 0) is 0 Å². The quantitative estimate of drug-likeness (QED) is 0.545. The van der Waals surface area contributed by atoms with Crippen molar-refractivity contribution in [3.8, 4) is 0 Å². The zero-order valence-corrected chi connectivity index (χ0v) is 7.06. The molecule has 1 aliphatic heterocycles. The largest absolute Gasteiger partial charge is 0.245 e. The van der Waals surface area contributed by atoms with Gasteiger partial charge in [-0.1, -0.05) is 17.7 Å². The number of nitrogens with one attached hydrogen (secondary N) is 1. The van der Waals surface area contributed by atoms with Gasteiger partial charge in [0.05, 0.1) is 5.92 Å². The second kappa shape index (κ2) is 2.82. The number of fused-ring (bicyclic) bond motifs is 1. The standard InChI is InChI=1S/C9H10ClN/c10-8-3-4-9-7(6-8)2-1-5-11-9/h3-4,6-7H,1-2,5H2/p+1. The van der Waals surface area contributed by atoms with Gasteiger partial charge >= 0.3 is 0 Å². The van der Waals surface area contributed by atoms with E-state index in [0.717, 1.165) is 11.6 Å². The first kappa shape index (κ1) is 7.11. The van der Waals surface area contributed by atoms with Gasteiger partial charge in [-0.2, -0.15) is 0 Å². The highest BCUT2D eigenvalue weighted by molar-refractivity contribution is 6.32. The highest BCUT2D eigenvalue weighted by Gasteiger charge is 2.22. The summed E-state index contributed by atoms with van der Waals surface area (Å²) in [5.74, 6) is 0.557. The highest BCUT2D eigenvalue weighted by atomic mass is 35.5. The molecule has 0 aromatic heterocycles. The first-order valence-corrected chi connectivity index (χ1v) is 4.40. The number of allylic oxidation sites excluding steroid dienone is 4. The summed E-state index contributed by atoms with van der Waals surface area (Å²) < 4.78 is 0. The molecule has 58 valence electrons. The summed E-state index contributed by atoms with van der Waals surface area (Å²) in [7, 11) is 0. The maximum Gasteiger partial charge on any atom is 0.181 e. The van der Waals surface area contributed by atoms with E-state index in [0.29, 0.717) is 5.92 Å². The lowest BCUT2D eigenvalue weighted by atomic mass is 9.91. The third-order valence-electron chi connectivity index (χ3n) is 2.20. The van der Waals surface area contributed by atoms with Crippen molar-refractivity contribution in [1.29, 1.82) is 0 Å².